The molecule has 5 rings (SSSR count). The molecule has 18 nitrogen and oxygen atoms in total. The van der Waals surface area contributed by atoms with Gasteiger partial charge in [0.25, 0.3) is 0 Å². The number of hydrogen-bond donors (Lipinski definition) is 6. The van der Waals surface area contributed by atoms with Gasteiger partial charge in [-0.1, -0.05) is 71.2 Å². The van der Waals surface area contributed by atoms with Crippen molar-refractivity contribution in [1.82, 2.24) is 35.2 Å². The number of hydrogen-bond acceptors (Lipinski definition) is 17. The summed E-state index contributed by atoms with van der Waals surface area (Å²) in [5, 5.41) is 58.8. The van der Waals surface area contributed by atoms with Crippen molar-refractivity contribution in [3.05, 3.63) is 53.6 Å². The van der Waals surface area contributed by atoms with Crippen molar-refractivity contribution in [2.24, 2.45) is 29.4 Å². The molecule has 3 aliphatic rings. The van der Waals surface area contributed by atoms with E-state index in [0.29, 0.717) is 32.4 Å². The molecule has 0 aliphatic carbocycles. The average Bonchev–Trinajstić information content (AvgIpc) is 3.92. The highest BCUT2D eigenvalue weighted by Crippen LogP contribution is 2.45. The van der Waals surface area contributed by atoms with Gasteiger partial charge in [0.1, 0.15) is 23.9 Å². The van der Waals surface area contributed by atoms with E-state index in [-0.39, 0.29) is 30.9 Å². The fraction of sp³-hybridized carbons (Fsp3) is 0.817. The number of esters is 1. The molecule has 3 saturated heterocycles. The summed E-state index contributed by atoms with van der Waals surface area (Å²) >= 11 is 0. The Kier molecular flexibility index (Phi) is 24.9. The predicted octanol–water partition coefficient (Wildman–Crippen LogP) is 6.93. The number of nitrogens with two attached hydrogens (primary N) is 1. The lowest BCUT2D eigenvalue weighted by atomic mass is 9.68. The van der Waals surface area contributed by atoms with Gasteiger partial charge in [-0.15, -0.1) is 5.10 Å². The van der Waals surface area contributed by atoms with E-state index in [0.717, 1.165) is 62.1 Å². The van der Waals surface area contributed by atoms with E-state index >= 15 is 0 Å². The van der Waals surface area contributed by atoms with Crippen LogP contribution in [0, 0.1) is 23.7 Å². The number of carbonyl (C=O) groups excluding carboxylic acids is 1. The van der Waals surface area contributed by atoms with E-state index in [1.807, 2.05) is 70.7 Å². The highest BCUT2D eigenvalue weighted by molar-refractivity contribution is 5.73. The summed E-state index contributed by atoms with van der Waals surface area (Å²) in [4.78, 5) is 19.0. The molecule has 0 saturated carbocycles. The molecule has 3 fully saturated rings. The second-order valence-corrected chi connectivity index (χ2v) is 24.6. The van der Waals surface area contributed by atoms with E-state index in [4.69, 9.17) is 29.4 Å². The van der Waals surface area contributed by atoms with Crippen molar-refractivity contribution >= 4 is 5.97 Å². The molecule has 2 aromatic rings. The zero-order valence-corrected chi connectivity index (χ0v) is 50.6. The van der Waals surface area contributed by atoms with Gasteiger partial charge in [0.05, 0.1) is 59.1 Å². The van der Waals surface area contributed by atoms with E-state index in [9.17, 15) is 25.2 Å². The van der Waals surface area contributed by atoms with E-state index < -0.39 is 89.5 Å². The van der Waals surface area contributed by atoms with Gasteiger partial charge in [0.15, 0.2) is 6.29 Å². The minimum Gasteiger partial charge on any atom is -0.459 e. The van der Waals surface area contributed by atoms with Gasteiger partial charge in [-0.3, -0.25) is 4.79 Å². The molecule has 1 aromatic carbocycles. The molecule has 17 atom stereocenters. The molecule has 446 valence electrons. The van der Waals surface area contributed by atoms with Crippen LogP contribution >= 0.6 is 0 Å². The Balaban J connectivity index is 1.28. The molecule has 4 heterocycles. The highest BCUT2D eigenvalue weighted by atomic mass is 16.7. The van der Waals surface area contributed by atoms with Gasteiger partial charge in [-0.2, -0.15) is 0 Å². The quantitative estimate of drug-likeness (QED) is 0.0400. The molecule has 0 radical (unpaired) electrons. The van der Waals surface area contributed by atoms with Crippen LogP contribution in [-0.2, 0) is 41.3 Å². The maximum Gasteiger partial charge on any atom is 0.309 e. The lowest BCUT2D eigenvalue weighted by Crippen LogP contribution is -2.61. The van der Waals surface area contributed by atoms with Crippen molar-refractivity contribution in [2.75, 3.05) is 47.9 Å². The van der Waals surface area contributed by atoms with Crippen molar-refractivity contribution in [1.29, 1.82) is 0 Å². The van der Waals surface area contributed by atoms with Crippen LogP contribution in [-0.4, -0.2) is 182 Å². The van der Waals surface area contributed by atoms with Crippen LogP contribution in [0.2, 0.25) is 0 Å². The maximum absolute atomic E-state index is 14.7. The third kappa shape index (κ3) is 17.4. The summed E-state index contributed by atoms with van der Waals surface area (Å²) in [5.41, 5.74) is 9.89. The number of aliphatic hydroxyl groups excluding tert-OH is 2. The van der Waals surface area contributed by atoms with Crippen LogP contribution in [0.25, 0.3) is 5.69 Å². The number of hydrazine groups is 1. The predicted molar refractivity (Wildman–Crippen MR) is 305 cm³/mol. The van der Waals surface area contributed by atoms with Crippen molar-refractivity contribution in [3.63, 3.8) is 0 Å². The van der Waals surface area contributed by atoms with Crippen LogP contribution < -0.4 is 11.2 Å². The first-order valence-electron chi connectivity index (χ1n) is 29.6. The minimum atomic E-state index is -1.78. The normalized spacial score (nSPS) is 36.3. The number of nitrogens with zero attached hydrogens (tertiary/aromatic N) is 6. The molecular weight excluding hydrogens is 993 g/mol. The summed E-state index contributed by atoms with van der Waals surface area (Å²) in [6, 6.07) is 8.16. The van der Waals surface area contributed by atoms with Gasteiger partial charge < -0.3 is 64.7 Å². The van der Waals surface area contributed by atoms with Gasteiger partial charge in [-0.05, 0) is 137 Å². The number of unbranched alkanes of at least 4 members (excludes halogenated alkanes) is 4. The van der Waals surface area contributed by atoms with E-state index in [2.05, 4.69) is 70.8 Å². The van der Waals surface area contributed by atoms with Gasteiger partial charge in [0.2, 0.25) is 0 Å². The molecule has 1 aromatic heterocycles. The number of aryl methyl sites for hydroxylation is 2. The molecule has 0 amide bonds. The second kappa shape index (κ2) is 29.6. The summed E-state index contributed by atoms with van der Waals surface area (Å²) in [6.45, 7) is 22.8. The first kappa shape index (κ1) is 65.5. The Hall–Kier alpha value is -3.27. The standard InChI is InChI=1S/C60H106N8O10/c1-16-18-19-20-24-47-38-68(64-63-47)48-27-25-45(26-28-48)23-21-22-30-67(62-12)37-46(61)29-31-65(13)49-32-40(4)75-52(33-49)78-56-41(5)53(50-35-59(10,74-15)55(70)44(8)76-50)42(6)57(71)77-51(17-2)60(11,73)54(69)43(7)66(14)36-39(3)34-58(56,9)72/h25-28,37-44,49-56,62,69-70,72-73H,16-24,29-36,61H2,1-15H3/b46-37-/t39-,40-,41+,42-,43-,44+,49+,50?,51-,52+,53+,54-,55+,56-,58-,59-,60-/m1/s1. The maximum atomic E-state index is 14.7. The highest BCUT2D eigenvalue weighted by Gasteiger charge is 2.54. The van der Waals surface area contributed by atoms with Crippen LogP contribution in [0.5, 0.6) is 0 Å². The second-order valence-electron chi connectivity index (χ2n) is 24.6. The van der Waals surface area contributed by atoms with Gasteiger partial charge in [-0.25, -0.2) is 10.1 Å². The lowest BCUT2D eigenvalue weighted by Gasteiger charge is -2.51. The largest absolute Gasteiger partial charge is 0.459 e. The minimum absolute atomic E-state index is 0.0768. The number of benzene rings is 1. The molecule has 7 N–H and O–H groups in total. The van der Waals surface area contributed by atoms with E-state index in [1.54, 1.807) is 27.9 Å². The van der Waals surface area contributed by atoms with Crippen LogP contribution in [0.1, 0.15) is 164 Å². The summed E-state index contributed by atoms with van der Waals surface area (Å²) in [5.74, 6) is -2.71. The average molecular weight is 1100 g/mol. The Bertz CT molecular complexity index is 2130. The lowest BCUT2D eigenvalue weighted by molar-refractivity contribution is -0.275. The molecule has 78 heavy (non-hydrogen) atoms. The summed E-state index contributed by atoms with van der Waals surface area (Å²) < 4.78 is 34.6. The Morgan fingerprint density at radius 1 is 0.936 bits per heavy atom. The van der Waals surface area contributed by atoms with Gasteiger partial charge in [0, 0.05) is 83.0 Å². The smallest absolute Gasteiger partial charge is 0.309 e. The third-order valence-corrected chi connectivity index (χ3v) is 17.9. The molecule has 3 aliphatic heterocycles. The summed E-state index contributed by atoms with van der Waals surface area (Å²) in [7, 11) is 7.49. The molecule has 0 spiro atoms. The zero-order valence-electron chi connectivity index (χ0n) is 50.6. The number of aliphatic hydroxyl groups is 4. The molecule has 1 unspecified atom stereocenters. The Labute approximate surface area is 469 Å². The number of carbonyl (C=O) groups is 1. The first-order chi connectivity index (χ1) is 36.8. The number of rotatable bonds is 22. The van der Waals surface area contributed by atoms with Crippen LogP contribution in [0.3, 0.4) is 0 Å². The topological polar surface area (TPSA) is 223 Å². The third-order valence-electron chi connectivity index (χ3n) is 17.9. The summed E-state index contributed by atoms with van der Waals surface area (Å²) in [6.07, 6.45) is 9.37. The van der Waals surface area contributed by atoms with Crippen molar-refractivity contribution in [3.8, 4) is 5.69 Å². The zero-order chi connectivity index (χ0) is 57.7. The number of aromatic nitrogens is 3. The van der Waals surface area contributed by atoms with Crippen LogP contribution in [0.15, 0.2) is 42.4 Å². The fourth-order valence-corrected chi connectivity index (χ4v) is 12.9. The number of nitrogens with one attached hydrogen (secondary N) is 1. The first-order valence-corrected chi connectivity index (χ1v) is 29.6. The molecule has 18 heteroatoms. The van der Waals surface area contributed by atoms with Crippen molar-refractivity contribution in [2.45, 2.75) is 244 Å². The monoisotopic (exact) mass is 1100 g/mol. The Morgan fingerprint density at radius 3 is 2.28 bits per heavy atom. The number of cyclic esters (lactones) is 1. The van der Waals surface area contributed by atoms with E-state index in [1.165, 1.54) is 31.7 Å². The molecular formula is C60H106N8O10. The number of methoxy groups -OCH3 is 1. The number of ether oxygens (including phenoxy) is 5. The Morgan fingerprint density at radius 2 is 1.63 bits per heavy atom. The van der Waals surface area contributed by atoms with Gasteiger partial charge >= 0.3 is 5.97 Å². The number of likely N-dealkylation sites (N-methyl/N-ethyl adjacent to an activating group) is 1. The SMILES string of the molecule is CCCCCCc1cn(-c2ccc(CCCCN(/C=C(\N)CCN(C)[C@@H]3C[C@H](O[C@@H]4[C@@H](C)[C@H](C5C[C@@](C)(OC)[C@@H](O)[C@H](C)O5)[C@@H](C)C(=O)O[C@H](CC)[C@@](C)(O)[C@H](O)[C@@H](C)N(C)C[C@H](C)C[C@@]4(C)O)O[C@H](C)C3)NC)cc2)nn1. The molecule has 0 bridgehead atoms. The van der Waals surface area contributed by atoms with Crippen LogP contribution in [0.4, 0.5) is 0 Å². The van der Waals surface area contributed by atoms with Crippen molar-refractivity contribution < 1.29 is 48.9 Å². The fourth-order valence-electron chi connectivity index (χ4n) is 12.9.